The number of benzene rings is 1. The van der Waals surface area contributed by atoms with E-state index in [1.807, 2.05) is 0 Å². The van der Waals surface area contributed by atoms with Crippen molar-refractivity contribution in [3.8, 4) is 0 Å². The van der Waals surface area contributed by atoms with Gasteiger partial charge in [-0.3, -0.25) is 4.79 Å². The molecule has 0 aliphatic heterocycles. The van der Waals surface area contributed by atoms with Crippen LogP contribution in [0.5, 0.6) is 0 Å². The topological polar surface area (TPSA) is 75.3 Å². The predicted octanol–water partition coefficient (Wildman–Crippen LogP) is 2.00. The molecular formula is C15H22N2O2. The fourth-order valence-electron chi connectivity index (χ4n) is 2.54. The molecule has 0 spiro atoms. The third-order valence-electron chi connectivity index (χ3n) is 3.77. The molecule has 1 aromatic rings. The summed E-state index contributed by atoms with van der Waals surface area (Å²) in [6.45, 7) is 0.263. The van der Waals surface area contributed by atoms with Gasteiger partial charge in [-0.05, 0) is 30.5 Å². The first-order chi connectivity index (χ1) is 9.16. The Hall–Kier alpha value is -1.55. The zero-order valence-electron chi connectivity index (χ0n) is 11.1. The van der Waals surface area contributed by atoms with Gasteiger partial charge < -0.3 is 16.2 Å². The van der Waals surface area contributed by atoms with Crippen LogP contribution in [0.2, 0.25) is 0 Å². The largest absolute Gasteiger partial charge is 0.399 e. The molecule has 1 unspecified atom stereocenters. The average Bonchev–Trinajstić information content (AvgIpc) is 2.46. The Bertz CT molecular complexity index is 411. The summed E-state index contributed by atoms with van der Waals surface area (Å²) in [6.07, 6.45) is 4.79. The highest BCUT2D eigenvalue weighted by Crippen LogP contribution is 2.23. The molecule has 1 atom stereocenters. The highest BCUT2D eigenvalue weighted by atomic mass is 16.3. The number of nitrogen functional groups attached to an aromatic ring is 1. The quantitative estimate of drug-likeness (QED) is 0.726. The second kappa shape index (κ2) is 6.57. The van der Waals surface area contributed by atoms with Gasteiger partial charge >= 0.3 is 0 Å². The smallest absolute Gasteiger partial charge is 0.223 e. The van der Waals surface area contributed by atoms with E-state index in [-0.39, 0.29) is 18.4 Å². The molecule has 1 aromatic carbocycles. The number of aliphatic hydroxyl groups is 1. The van der Waals surface area contributed by atoms with Crippen molar-refractivity contribution in [3.05, 3.63) is 29.8 Å². The molecule has 0 aromatic heterocycles. The molecule has 1 amide bonds. The van der Waals surface area contributed by atoms with Crippen LogP contribution in [0.1, 0.15) is 43.8 Å². The van der Waals surface area contributed by atoms with Gasteiger partial charge in [0, 0.05) is 18.2 Å². The third-order valence-corrected chi connectivity index (χ3v) is 3.77. The van der Waals surface area contributed by atoms with Crippen molar-refractivity contribution in [2.45, 2.75) is 38.2 Å². The van der Waals surface area contributed by atoms with Crippen molar-refractivity contribution in [3.63, 3.8) is 0 Å². The van der Waals surface area contributed by atoms with Gasteiger partial charge in [0.05, 0.1) is 6.10 Å². The normalized spacial score (nSPS) is 17.9. The van der Waals surface area contributed by atoms with Crippen LogP contribution in [-0.2, 0) is 4.79 Å². The van der Waals surface area contributed by atoms with Crippen molar-refractivity contribution < 1.29 is 9.90 Å². The molecule has 0 heterocycles. The molecule has 0 saturated heterocycles. The first-order valence-corrected chi connectivity index (χ1v) is 6.98. The van der Waals surface area contributed by atoms with Crippen molar-refractivity contribution in [1.29, 1.82) is 0 Å². The number of hydrogen-bond donors (Lipinski definition) is 3. The van der Waals surface area contributed by atoms with E-state index in [2.05, 4.69) is 5.32 Å². The minimum atomic E-state index is -0.673. The standard InChI is InChI=1S/C15H22N2O2/c16-13-8-6-11(7-9-13)14(18)10-17-15(19)12-4-2-1-3-5-12/h6-9,12,14,18H,1-5,10,16H2,(H,17,19). The Morgan fingerprint density at radius 3 is 2.53 bits per heavy atom. The van der Waals surface area contributed by atoms with E-state index >= 15 is 0 Å². The maximum absolute atomic E-state index is 11.9. The van der Waals surface area contributed by atoms with Crippen LogP contribution in [0.25, 0.3) is 0 Å². The van der Waals surface area contributed by atoms with Crippen molar-refractivity contribution in [2.24, 2.45) is 5.92 Å². The van der Waals surface area contributed by atoms with E-state index in [0.29, 0.717) is 5.69 Å². The summed E-state index contributed by atoms with van der Waals surface area (Å²) in [7, 11) is 0. The van der Waals surface area contributed by atoms with E-state index in [1.165, 1.54) is 6.42 Å². The highest BCUT2D eigenvalue weighted by molar-refractivity contribution is 5.78. The van der Waals surface area contributed by atoms with Gasteiger partial charge in [0.15, 0.2) is 0 Å². The maximum atomic E-state index is 11.9. The average molecular weight is 262 g/mol. The molecule has 1 saturated carbocycles. The molecule has 4 nitrogen and oxygen atoms in total. The monoisotopic (exact) mass is 262 g/mol. The molecular weight excluding hydrogens is 240 g/mol. The Morgan fingerprint density at radius 2 is 1.89 bits per heavy atom. The van der Waals surface area contributed by atoms with E-state index in [4.69, 9.17) is 5.73 Å². The van der Waals surface area contributed by atoms with Crippen LogP contribution in [0.4, 0.5) is 5.69 Å². The minimum Gasteiger partial charge on any atom is -0.399 e. The summed E-state index contributed by atoms with van der Waals surface area (Å²) >= 11 is 0. The van der Waals surface area contributed by atoms with Crippen molar-refractivity contribution >= 4 is 11.6 Å². The van der Waals surface area contributed by atoms with E-state index in [9.17, 15) is 9.90 Å². The number of carbonyl (C=O) groups is 1. The highest BCUT2D eigenvalue weighted by Gasteiger charge is 2.21. The summed E-state index contributed by atoms with van der Waals surface area (Å²) < 4.78 is 0. The number of rotatable bonds is 4. The second-order valence-corrected chi connectivity index (χ2v) is 5.26. The molecule has 0 bridgehead atoms. The van der Waals surface area contributed by atoms with Gasteiger partial charge in [-0.2, -0.15) is 0 Å². The first kappa shape index (κ1) is 13.9. The summed E-state index contributed by atoms with van der Waals surface area (Å²) in [4.78, 5) is 11.9. The lowest BCUT2D eigenvalue weighted by Gasteiger charge is -2.21. The number of carbonyl (C=O) groups excluding carboxylic acids is 1. The molecule has 19 heavy (non-hydrogen) atoms. The number of nitrogens with one attached hydrogen (secondary N) is 1. The molecule has 4 heteroatoms. The molecule has 104 valence electrons. The second-order valence-electron chi connectivity index (χ2n) is 5.26. The van der Waals surface area contributed by atoms with Crippen molar-refractivity contribution in [2.75, 3.05) is 12.3 Å². The molecule has 0 radical (unpaired) electrons. The van der Waals surface area contributed by atoms with Gasteiger partial charge in [-0.1, -0.05) is 31.4 Å². The predicted molar refractivity (Wildman–Crippen MR) is 75.4 cm³/mol. The van der Waals surface area contributed by atoms with Crippen LogP contribution in [0.3, 0.4) is 0 Å². The Labute approximate surface area is 114 Å². The van der Waals surface area contributed by atoms with Crippen LogP contribution in [0, 0.1) is 5.92 Å². The summed E-state index contributed by atoms with van der Waals surface area (Å²) in [5, 5.41) is 12.8. The minimum absolute atomic E-state index is 0.0780. The lowest BCUT2D eigenvalue weighted by molar-refractivity contribution is -0.126. The van der Waals surface area contributed by atoms with E-state index in [0.717, 1.165) is 31.2 Å². The SMILES string of the molecule is Nc1ccc(C(O)CNC(=O)C2CCCCC2)cc1. The van der Waals surface area contributed by atoms with Gasteiger partial charge in [-0.15, -0.1) is 0 Å². The molecule has 1 fully saturated rings. The Morgan fingerprint density at radius 1 is 1.26 bits per heavy atom. The maximum Gasteiger partial charge on any atom is 0.223 e. The lowest BCUT2D eigenvalue weighted by atomic mass is 9.88. The van der Waals surface area contributed by atoms with Gasteiger partial charge in [0.2, 0.25) is 5.91 Å². The summed E-state index contributed by atoms with van der Waals surface area (Å²) in [5.41, 5.74) is 7.04. The Balaban J connectivity index is 1.80. The van der Waals surface area contributed by atoms with Crippen molar-refractivity contribution in [1.82, 2.24) is 5.32 Å². The number of aliphatic hydroxyl groups excluding tert-OH is 1. The number of nitrogens with two attached hydrogens (primary N) is 1. The van der Waals surface area contributed by atoms with Gasteiger partial charge in [-0.25, -0.2) is 0 Å². The Kier molecular flexibility index (Phi) is 4.80. The van der Waals surface area contributed by atoms with Gasteiger partial charge in [0.25, 0.3) is 0 Å². The fraction of sp³-hybridized carbons (Fsp3) is 0.533. The number of hydrogen-bond acceptors (Lipinski definition) is 3. The van der Waals surface area contributed by atoms with Crippen LogP contribution >= 0.6 is 0 Å². The fourth-order valence-corrected chi connectivity index (χ4v) is 2.54. The van der Waals surface area contributed by atoms with E-state index in [1.54, 1.807) is 24.3 Å². The summed E-state index contributed by atoms with van der Waals surface area (Å²) in [5.74, 6) is 0.210. The molecule has 1 aliphatic rings. The van der Waals surface area contributed by atoms with Crippen LogP contribution in [0.15, 0.2) is 24.3 Å². The van der Waals surface area contributed by atoms with E-state index < -0.39 is 6.10 Å². The van der Waals surface area contributed by atoms with Gasteiger partial charge in [0.1, 0.15) is 0 Å². The zero-order chi connectivity index (χ0) is 13.7. The third kappa shape index (κ3) is 3.96. The van der Waals surface area contributed by atoms with Crippen LogP contribution in [-0.4, -0.2) is 17.6 Å². The number of anilines is 1. The summed E-state index contributed by atoms with van der Waals surface area (Å²) in [6, 6.07) is 7.07. The molecule has 4 N–H and O–H groups in total. The zero-order valence-corrected chi connectivity index (χ0v) is 11.1. The molecule has 2 rings (SSSR count). The number of amides is 1. The molecule has 1 aliphatic carbocycles. The first-order valence-electron chi connectivity index (χ1n) is 6.98. The lowest BCUT2D eigenvalue weighted by Crippen LogP contribution is -2.34. The van der Waals surface area contributed by atoms with Crippen LogP contribution < -0.4 is 11.1 Å².